The topological polar surface area (TPSA) is 554 Å². The molecule has 464 valence electrons. The highest BCUT2D eigenvalue weighted by atomic mass is 32.2. The number of nitrogens with one attached hydrogen (secondary N) is 13. The number of carboxylic acid groups (broad SMARTS) is 1. The lowest BCUT2D eigenvalue weighted by Crippen LogP contribution is -2.61. The van der Waals surface area contributed by atoms with E-state index < -0.39 is 145 Å². The Kier molecular flexibility index (Phi) is 32.5. The van der Waals surface area contributed by atoms with Gasteiger partial charge >= 0.3 is 5.97 Å². The van der Waals surface area contributed by atoms with Crippen molar-refractivity contribution in [2.24, 2.45) is 28.9 Å². The molecule has 2 aromatic rings. The summed E-state index contributed by atoms with van der Waals surface area (Å²) in [5.41, 5.74) is 23.1. The van der Waals surface area contributed by atoms with Gasteiger partial charge in [0.25, 0.3) is 0 Å². The third-order valence-electron chi connectivity index (χ3n) is 12.3. The fourth-order valence-corrected chi connectivity index (χ4v) is 8.39. The number of hydrogen-bond acceptors (Lipinski definition) is 19. The lowest BCUT2D eigenvalue weighted by Gasteiger charge is -2.28. The Morgan fingerprint density at radius 3 is 1.49 bits per heavy atom. The van der Waals surface area contributed by atoms with Crippen molar-refractivity contribution in [3.05, 3.63) is 36.4 Å². The minimum absolute atomic E-state index is 0.00442. The van der Waals surface area contributed by atoms with Crippen LogP contribution in [0.15, 0.2) is 25.0 Å². The largest absolute Gasteiger partial charge is 0.480 e. The molecule has 0 radical (unpaired) electrons. The van der Waals surface area contributed by atoms with Gasteiger partial charge in [-0.3, -0.25) is 58.1 Å². The first kappa shape index (κ1) is 71.2. The van der Waals surface area contributed by atoms with E-state index in [1.807, 2.05) is 13.8 Å². The van der Waals surface area contributed by atoms with Gasteiger partial charge in [-0.2, -0.15) is 11.8 Å². The average Bonchev–Trinajstić information content (AvgIpc) is 4.22. The monoisotopic (exact) mass is 1190 g/mol. The summed E-state index contributed by atoms with van der Waals surface area (Å²) in [4.78, 5) is 161. The summed E-state index contributed by atoms with van der Waals surface area (Å²) in [7, 11) is 0. The van der Waals surface area contributed by atoms with E-state index in [1.54, 1.807) is 6.26 Å². The number of aliphatic hydroxyl groups excluding tert-OH is 2. The van der Waals surface area contributed by atoms with Crippen LogP contribution in [0.25, 0.3) is 0 Å². The third-order valence-corrected chi connectivity index (χ3v) is 13.0. The van der Waals surface area contributed by atoms with Crippen molar-refractivity contribution in [3.63, 3.8) is 0 Å². The zero-order chi connectivity index (χ0) is 62.2. The van der Waals surface area contributed by atoms with E-state index in [9.17, 15) is 63.0 Å². The summed E-state index contributed by atoms with van der Waals surface area (Å²) < 4.78 is 0. The molecule has 0 unspecified atom stereocenters. The molecule has 0 saturated carbocycles. The number of H-pyrrole nitrogens is 2. The van der Waals surface area contributed by atoms with Crippen molar-refractivity contribution in [1.82, 2.24) is 73.1 Å². The highest BCUT2D eigenvalue weighted by Gasteiger charge is 2.36. The maximum absolute atomic E-state index is 14.3. The van der Waals surface area contributed by atoms with Gasteiger partial charge in [-0.05, 0) is 82.8 Å². The van der Waals surface area contributed by atoms with Crippen LogP contribution in [0.2, 0.25) is 0 Å². The number of hydrogen-bond donors (Lipinski definition) is 20. The van der Waals surface area contributed by atoms with Crippen LogP contribution in [-0.4, -0.2) is 205 Å². The SMILES string of the molecule is CSCC[C@H](NC(=O)[C@H](CCC(N)=O)NC(=O)[C@@H](N)CC(C)C)C(=O)N[C@@H](Cc1c[nH]cn1)C(=O)N[C@@H](CO)C(=O)N[C@@H](CCCNC(=N)N)C(=O)N[C@@H](CCCCN)C(=O)N[C@@H](Cc1c[nH]cn1)C(=O)N[C@H](C(=O)NCC(=O)O)[C@@H](C)O. The standard InChI is InChI=1S/C49H83N19O14S/c1-25(2)16-29(51)40(74)61-32(10-11-37(52)71)43(77)64-33(12-15-83-4)44(78)65-34(17-27-19-55-23-59-27)45(79)67-36(22-69)47(81)63-31(9-7-14-57-49(53)54)41(75)62-30(8-5-6-13-50)42(76)66-35(18-28-20-56-24-60-28)46(80)68-39(26(3)70)48(82)58-21-38(72)73/h19-20,23-26,29-36,39,69-70H,5-18,21-22,50-51H2,1-4H3,(H2,52,71)(H,55,59)(H,56,60)(H,58,82)(H,61,74)(H,62,75)(H,63,81)(H,64,77)(H,65,78)(H,66,76)(H,67,79)(H,68,80)(H,72,73)(H4,53,54,57)/t26-,29+,30+,31+,32+,33+,34+,35+,36+,39+/m1/s1. The second-order valence-electron chi connectivity index (χ2n) is 19.8. The van der Waals surface area contributed by atoms with Crippen molar-refractivity contribution in [3.8, 4) is 0 Å². The van der Waals surface area contributed by atoms with Crippen molar-refractivity contribution < 1.29 is 68.1 Å². The summed E-state index contributed by atoms with van der Waals surface area (Å²) in [6.45, 7) is 3.16. The molecule has 10 atom stereocenters. The maximum Gasteiger partial charge on any atom is 0.322 e. The molecule has 2 aromatic heterocycles. The molecule has 0 aliphatic carbocycles. The molecule has 0 aliphatic heterocycles. The number of aromatic nitrogens is 4. The van der Waals surface area contributed by atoms with Crippen LogP contribution in [0, 0.1) is 11.3 Å². The molecule has 0 fully saturated rings. The van der Waals surface area contributed by atoms with Crippen molar-refractivity contribution in [2.75, 3.05) is 38.2 Å². The molecule has 0 spiro atoms. The summed E-state index contributed by atoms with van der Waals surface area (Å²) in [6, 6.07) is -13.2. The summed E-state index contributed by atoms with van der Waals surface area (Å²) >= 11 is 1.33. The predicted octanol–water partition coefficient (Wildman–Crippen LogP) is -6.85. The molecule has 2 rings (SSSR count). The molecule has 34 heteroatoms. The number of unbranched alkanes of at least 4 members (excludes halogenated alkanes) is 1. The highest BCUT2D eigenvalue weighted by Crippen LogP contribution is 2.11. The van der Waals surface area contributed by atoms with E-state index in [-0.39, 0.29) is 94.6 Å². The number of imidazole rings is 2. The first-order chi connectivity index (χ1) is 39.3. The van der Waals surface area contributed by atoms with E-state index in [0.29, 0.717) is 12.2 Å². The fraction of sp³-hybridized carbons (Fsp3) is 0.633. The predicted molar refractivity (Wildman–Crippen MR) is 300 cm³/mol. The Morgan fingerprint density at radius 1 is 0.614 bits per heavy atom. The number of nitrogens with zero attached hydrogens (tertiary/aromatic N) is 2. The maximum atomic E-state index is 14.3. The molecule has 24 N–H and O–H groups in total. The Hall–Kier alpha value is -7.95. The van der Waals surface area contributed by atoms with E-state index in [1.165, 1.54) is 43.7 Å². The van der Waals surface area contributed by atoms with Crippen molar-refractivity contribution in [2.45, 2.75) is 152 Å². The van der Waals surface area contributed by atoms with E-state index in [0.717, 1.165) is 0 Å². The Balaban J connectivity index is 2.47. The molecule has 83 heavy (non-hydrogen) atoms. The van der Waals surface area contributed by atoms with Gasteiger partial charge in [0.2, 0.25) is 59.1 Å². The minimum Gasteiger partial charge on any atom is -0.480 e. The van der Waals surface area contributed by atoms with Crippen molar-refractivity contribution >= 4 is 82.8 Å². The summed E-state index contributed by atoms with van der Waals surface area (Å²) in [6.07, 6.45) is 5.18. The molecular weight excluding hydrogens is 1110 g/mol. The molecular formula is C49H83N19O14S. The Bertz CT molecular complexity index is 2430. The Labute approximate surface area is 483 Å². The molecule has 0 aromatic carbocycles. The second kappa shape index (κ2) is 37.9. The van der Waals surface area contributed by atoms with Gasteiger partial charge in [0, 0.05) is 38.2 Å². The molecule has 0 saturated heterocycles. The number of carboxylic acids is 1. The van der Waals surface area contributed by atoms with E-state index in [2.05, 4.69) is 73.1 Å². The van der Waals surface area contributed by atoms with Crippen LogP contribution in [0.4, 0.5) is 0 Å². The number of rotatable bonds is 41. The van der Waals surface area contributed by atoms with Gasteiger partial charge in [0.05, 0.1) is 42.8 Å². The number of thioether (sulfide) groups is 1. The smallest absolute Gasteiger partial charge is 0.322 e. The number of aliphatic hydroxyl groups is 2. The molecule has 2 heterocycles. The Morgan fingerprint density at radius 2 is 1.06 bits per heavy atom. The van der Waals surface area contributed by atoms with Crippen molar-refractivity contribution in [1.29, 1.82) is 5.41 Å². The van der Waals surface area contributed by atoms with Crippen LogP contribution in [0.1, 0.15) is 89.9 Å². The van der Waals surface area contributed by atoms with Gasteiger partial charge in [-0.1, -0.05) is 13.8 Å². The normalized spacial score (nSPS) is 14.7. The number of carbonyl (C=O) groups excluding carboxylic acids is 10. The number of primary amides is 1. The fourth-order valence-electron chi connectivity index (χ4n) is 7.91. The zero-order valence-corrected chi connectivity index (χ0v) is 47.7. The van der Waals surface area contributed by atoms with Gasteiger partial charge in [0.1, 0.15) is 54.9 Å². The molecule has 10 amide bonds. The first-order valence-corrected chi connectivity index (χ1v) is 28.2. The van der Waals surface area contributed by atoms with Gasteiger partial charge in [-0.25, -0.2) is 9.97 Å². The lowest BCUT2D eigenvalue weighted by molar-refractivity contribution is -0.139. The number of aromatic amines is 2. The number of amides is 10. The zero-order valence-electron chi connectivity index (χ0n) is 46.9. The molecule has 0 bridgehead atoms. The quantitative estimate of drug-likeness (QED) is 0.0167. The molecule has 0 aliphatic rings. The highest BCUT2D eigenvalue weighted by molar-refractivity contribution is 7.98. The van der Waals surface area contributed by atoms with Crippen LogP contribution in [0.3, 0.4) is 0 Å². The first-order valence-electron chi connectivity index (χ1n) is 26.8. The van der Waals surface area contributed by atoms with E-state index in [4.69, 9.17) is 33.5 Å². The van der Waals surface area contributed by atoms with Gasteiger partial charge in [-0.15, -0.1) is 0 Å². The number of guanidine groups is 1. The van der Waals surface area contributed by atoms with Crippen LogP contribution in [-0.2, 0) is 65.6 Å². The number of nitrogens with two attached hydrogens (primary N) is 4. The van der Waals surface area contributed by atoms with E-state index >= 15 is 0 Å². The van der Waals surface area contributed by atoms with Crippen LogP contribution in [0.5, 0.6) is 0 Å². The van der Waals surface area contributed by atoms with Gasteiger partial charge in [0.15, 0.2) is 5.96 Å². The minimum atomic E-state index is -1.81. The van der Waals surface area contributed by atoms with Crippen LogP contribution >= 0.6 is 11.8 Å². The second-order valence-corrected chi connectivity index (χ2v) is 20.8. The third kappa shape index (κ3) is 27.6. The van der Waals surface area contributed by atoms with Crippen LogP contribution < -0.4 is 76.1 Å². The summed E-state index contributed by atoms with van der Waals surface area (Å²) in [5, 5.41) is 62.2. The number of carbonyl (C=O) groups is 11. The molecule has 33 nitrogen and oxygen atoms in total. The van der Waals surface area contributed by atoms with Gasteiger partial charge < -0.3 is 101 Å². The average molecular weight is 1190 g/mol. The lowest BCUT2D eigenvalue weighted by atomic mass is 10.0. The number of aliphatic carboxylic acids is 1. The summed E-state index contributed by atoms with van der Waals surface area (Å²) in [5.74, 6) is -10.8.